The largest absolute Gasteiger partial charge is 0.497 e. The molecule has 0 saturated carbocycles. The fourth-order valence-electron chi connectivity index (χ4n) is 3.83. The maximum absolute atomic E-state index is 13.0. The number of nitrogens with zero attached hydrogens (tertiary/aromatic N) is 2. The van der Waals surface area contributed by atoms with E-state index < -0.39 is 39.0 Å². The van der Waals surface area contributed by atoms with E-state index in [1.165, 1.54) is 26.4 Å². The highest BCUT2D eigenvalue weighted by atomic mass is 32.2. The van der Waals surface area contributed by atoms with Crippen molar-refractivity contribution < 1.29 is 32.3 Å². The summed E-state index contributed by atoms with van der Waals surface area (Å²) in [5.74, 6) is 0.640. The number of rotatable bonds is 8. The zero-order valence-electron chi connectivity index (χ0n) is 19.5. The molecule has 184 valence electrons. The highest BCUT2D eigenvalue weighted by Gasteiger charge is 2.35. The standard InChI is InChI=1S/C22H27N3O8S/c1-22(2)12-17(16-8-7-15(31-3)11-20(16)33-22)23-21(26)13-24(34(5,29)30)18-10-14(25(27)28)6-9-19(18)32-4/h6-11,17H,12-13H2,1-5H3,(H,23,26). The predicted octanol–water partition coefficient (Wildman–Crippen LogP) is 2.80. The van der Waals surface area contributed by atoms with Gasteiger partial charge in [-0.3, -0.25) is 19.2 Å². The van der Waals surface area contributed by atoms with E-state index >= 15 is 0 Å². The summed E-state index contributed by atoms with van der Waals surface area (Å²) >= 11 is 0. The highest BCUT2D eigenvalue weighted by molar-refractivity contribution is 7.92. The number of anilines is 1. The lowest BCUT2D eigenvalue weighted by atomic mass is 9.89. The van der Waals surface area contributed by atoms with Crippen LogP contribution in [0, 0.1) is 10.1 Å². The number of hydrogen-bond acceptors (Lipinski definition) is 8. The third kappa shape index (κ3) is 5.50. The second kappa shape index (κ2) is 9.37. The molecule has 0 aliphatic carbocycles. The second-order valence-electron chi connectivity index (χ2n) is 8.47. The molecule has 3 rings (SSSR count). The van der Waals surface area contributed by atoms with Crippen LogP contribution >= 0.6 is 0 Å². The zero-order valence-corrected chi connectivity index (χ0v) is 20.3. The number of nitro groups is 1. The minimum absolute atomic E-state index is 0.0773. The number of carbonyl (C=O) groups is 1. The molecule has 0 saturated heterocycles. The number of nitro benzene ring substituents is 1. The molecule has 2 aromatic rings. The first-order valence-corrected chi connectivity index (χ1v) is 12.2. The number of methoxy groups -OCH3 is 2. The molecule has 0 radical (unpaired) electrons. The fourth-order valence-corrected chi connectivity index (χ4v) is 4.68. The minimum atomic E-state index is -3.99. The summed E-state index contributed by atoms with van der Waals surface area (Å²) in [6.07, 6.45) is 1.36. The SMILES string of the molecule is COc1ccc2c(c1)OC(C)(C)CC2NC(=O)CN(c1cc([N+](=O)[O-])ccc1OC)S(C)(=O)=O. The maximum atomic E-state index is 13.0. The molecule has 1 aliphatic heterocycles. The average molecular weight is 494 g/mol. The molecule has 11 nitrogen and oxygen atoms in total. The van der Waals surface area contributed by atoms with Gasteiger partial charge in [-0.2, -0.15) is 0 Å². The van der Waals surface area contributed by atoms with Gasteiger partial charge in [0.1, 0.15) is 35.1 Å². The van der Waals surface area contributed by atoms with Crippen LogP contribution in [-0.4, -0.2) is 51.9 Å². The molecule has 1 amide bonds. The first kappa shape index (κ1) is 25.1. The Bertz CT molecular complexity index is 1210. The van der Waals surface area contributed by atoms with Crippen molar-refractivity contribution in [2.45, 2.75) is 31.9 Å². The summed E-state index contributed by atoms with van der Waals surface area (Å²) in [5, 5.41) is 14.1. The van der Waals surface area contributed by atoms with Crippen LogP contribution in [0.5, 0.6) is 17.2 Å². The van der Waals surface area contributed by atoms with Gasteiger partial charge in [-0.25, -0.2) is 8.42 Å². The van der Waals surface area contributed by atoms with Crippen molar-refractivity contribution in [1.82, 2.24) is 5.32 Å². The molecular formula is C22H27N3O8S. The number of amides is 1. The number of benzene rings is 2. The van der Waals surface area contributed by atoms with Gasteiger partial charge in [0.05, 0.1) is 31.4 Å². The van der Waals surface area contributed by atoms with Crippen molar-refractivity contribution in [1.29, 1.82) is 0 Å². The van der Waals surface area contributed by atoms with Crippen molar-refractivity contribution in [2.24, 2.45) is 0 Å². The van der Waals surface area contributed by atoms with Crippen LogP contribution in [0.2, 0.25) is 0 Å². The lowest BCUT2D eigenvalue weighted by Crippen LogP contribution is -2.45. The molecule has 1 heterocycles. The van der Waals surface area contributed by atoms with Gasteiger partial charge in [-0.05, 0) is 32.0 Å². The quantitative estimate of drug-likeness (QED) is 0.438. The fraction of sp³-hybridized carbons (Fsp3) is 0.409. The molecular weight excluding hydrogens is 466 g/mol. The van der Waals surface area contributed by atoms with Crippen LogP contribution in [0.3, 0.4) is 0 Å². The molecule has 2 aromatic carbocycles. The lowest BCUT2D eigenvalue weighted by molar-refractivity contribution is -0.384. The number of hydrogen-bond donors (Lipinski definition) is 1. The van der Waals surface area contributed by atoms with Crippen molar-refractivity contribution in [3.63, 3.8) is 0 Å². The Balaban J connectivity index is 1.92. The Morgan fingerprint density at radius 1 is 1.24 bits per heavy atom. The summed E-state index contributed by atoms with van der Waals surface area (Å²) in [7, 11) is -1.15. The molecule has 12 heteroatoms. The molecule has 0 aromatic heterocycles. The number of carbonyl (C=O) groups excluding carboxylic acids is 1. The molecule has 1 unspecified atom stereocenters. The summed E-state index contributed by atoms with van der Waals surface area (Å²) < 4.78 is 42.4. The number of ether oxygens (including phenoxy) is 3. The van der Waals surface area contributed by atoms with Gasteiger partial charge < -0.3 is 19.5 Å². The Hall–Kier alpha value is -3.54. The summed E-state index contributed by atoms with van der Waals surface area (Å²) in [4.78, 5) is 23.6. The average Bonchev–Trinajstić information content (AvgIpc) is 2.74. The van der Waals surface area contributed by atoms with E-state index in [1.807, 2.05) is 13.8 Å². The normalized spacial score (nSPS) is 16.6. The van der Waals surface area contributed by atoms with Crippen molar-refractivity contribution in [3.8, 4) is 17.2 Å². The predicted molar refractivity (Wildman–Crippen MR) is 125 cm³/mol. The van der Waals surface area contributed by atoms with E-state index in [4.69, 9.17) is 14.2 Å². The van der Waals surface area contributed by atoms with Crippen molar-refractivity contribution in [2.75, 3.05) is 31.3 Å². The van der Waals surface area contributed by atoms with Crippen LogP contribution in [0.15, 0.2) is 36.4 Å². The van der Waals surface area contributed by atoms with E-state index in [2.05, 4.69) is 5.32 Å². The number of nitrogens with one attached hydrogen (secondary N) is 1. The first-order chi connectivity index (χ1) is 15.8. The number of fused-ring (bicyclic) bond motifs is 1. The van der Waals surface area contributed by atoms with E-state index in [9.17, 15) is 23.3 Å². The molecule has 0 bridgehead atoms. The second-order valence-corrected chi connectivity index (χ2v) is 10.4. The third-order valence-corrected chi connectivity index (χ3v) is 6.47. The Kier molecular flexibility index (Phi) is 6.92. The van der Waals surface area contributed by atoms with Gasteiger partial charge in [0.15, 0.2) is 0 Å². The molecule has 0 spiro atoms. The zero-order chi connectivity index (χ0) is 25.3. The molecule has 1 atom stereocenters. The summed E-state index contributed by atoms with van der Waals surface area (Å²) in [6.45, 7) is 3.16. The maximum Gasteiger partial charge on any atom is 0.271 e. The van der Waals surface area contributed by atoms with Crippen LogP contribution in [0.4, 0.5) is 11.4 Å². The van der Waals surface area contributed by atoms with Crippen LogP contribution in [-0.2, 0) is 14.8 Å². The Labute approximate surface area is 197 Å². The van der Waals surface area contributed by atoms with Crippen molar-refractivity contribution in [3.05, 3.63) is 52.1 Å². The smallest absolute Gasteiger partial charge is 0.271 e. The van der Waals surface area contributed by atoms with E-state index in [1.54, 1.807) is 18.2 Å². The number of non-ortho nitro benzene ring substituents is 1. The van der Waals surface area contributed by atoms with Crippen LogP contribution in [0.25, 0.3) is 0 Å². The third-order valence-electron chi connectivity index (χ3n) is 5.34. The van der Waals surface area contributed by atoms with Gasteiger partial charge in [-0.1, -0.05) is 0 Å². The Morgan fingerprint density at radius 2 is 1.94 bits per heavy atom. The monoisotopic (exact) mass is 493 g/mol. The van der Waals surface area contributed by atoms with E-state index in [0.29, 0.717) is 17.9 Å². The Morgan fingerprint density at radius 3 is 2.53 bits per heavy atom. The first-order valence-electron chi connectivity index (χ1n) is 10.3. The molecule has 0 fully saturated rings. The van der Waals surface area contributed by atoms with Gasteiger partial charge in [-0.15, -0.1) is 0 Å². The van der Waals surface area contributed by atoms with Crippen LogP contribution in [0.1, 0.15) is 31.9 Å². The number of sulfonamides is 1. The molecule has 1 aliphatic rings. The van der Waals surface area contributed by atoms with Gasteiger partial charge in [0.2, 0.25) is 15.9 Å². The molecule has 1 N–H and O–H groups in total. The summed E-state index contributed by atoms with van der Waals surface area (Å²) in [6, 6.07) is 8.35. The van der Waals surface area contributed by atoms with Gasteiger partial charge in [0, 0.05) is 30.2 Å². The summed E-state index contributed by atoms with van der Waals surface area (Å²) in [5.41, 5.74) is -0.310. The van der Waals surface area contributed by atoms with Crippen LogP contribution < -0.4 is 23.8 Å². The minimum Gasteiger partial charge on any atom is -0.497 e. The van der Waals surface area contributed by atoms with Gasteiger partial charge >= 0.3 is 0 Å². The van der Waals surface area contributed by atoms with Crippen molar-refractivity contribution >= 4 is 27.3 Å². The highest BCUT2D eigenvalue weighted by Crippen LogP contribution is 2.41. The van der Waals surface area contributed by atoms with Gasteiger partial charge in [0.25, 0.3) is 5.69 Å². The van der Waals surface area contributed by atoms with E-state index in [0.717, 1.165) is 22.2 Å². The molecule has 34 heavy (non-hydrogen) atoms. The lowest BCUT2D eigenvalue weighted by Gasteiger charge is -2.38. The van der Waals surface area contributed by atoms with E-state index in [-0.39, 0.29) is 17.1 Å². The topological polar surface area (TPSA) is 137 Å².